The van der Waals surface area contributed by atoms with E-state index in [4.69, 9.17) is 4.74 Å². The van der Waals surface area contributed by atoms with E-state index in [2.05, 4.69) is 0 Å². The first-order chi connectivity index (χ1) is 12.5. The molecule has 0 atom stereocenters. The van der Waals surface area contributed by atoms with Crippen molar-refractivity contribution in [3.05, 3.63) is 56.3 Å². The van der Waals surface area contributed by atoms with Crippen LogP contribution in [0, 0.1) is 10.1 Å². The third kappa shape index (κ3) is 3.52. The minimum Gasteiger partial charge on any atom is -0.490 e. The van der Waals surface area contributed by atoms with E-state index in [1.54, 1.807) is 15.9 Å². The van der Waals surface area contributed by atoms with Crippen molar-refractivity contribution in [1.82, 2.24) is 9.80 Å². The fraction of sp³-hybridized carbons (Fsp3) is 0.294. The summed E-state index contributed by atoms with van der Waals surface area (Å²) in [5.74, 6) is -0.218. The van der Waals surface area contributed by atoms with Crippen molar-refractivity contribution in [3.8, 4) is 5.75 Å². The number of hydrogen-bond donors (Lipinski definition) is 0. The Morgan fingerprint density at radius 1 is 1.12 bits per heavy atom. The summed E-state index contributed by atoms with van der Waals surface area (Å²) in [4.78, 5) is 39.5. The Morgan fingerprint density at radius 2 is 1.77 bits per heavy atom. The van der Waals surface area contributed by atoms with Crippen LogP contribution in [0.2, 0.25) is 0 Å². The highest BCUT2D eigenvalue weighted by Crippen LogP contribution is 2.28. The highest BCUT2D eigenvalue weighted by Gasteiger charge is 2.27. The number of rotatable bonds is 4. The smallest absolute Gasteiger partial charge is 0.311 e. The first-order valence-electron chi connectivity index (χ1n) is 7.95. The van der Waals surface area contributed by atoms with Crippen molar-refractivity contribution in [2.75, 3.05) is 33.3 Å². The van der Waals surface area contributed by atoms with E-state index < -0.39 is 4.92 Å². The van der Waals surface area contributed by atoms with Gasteiger partial charge in [0.1, 0.15) is 0 Å². The van der Waals surface area contributed by atoms with Gasteiger partial charge in [0.05, 0.1) is 16.9 Å². The first-order valence-corrected chi connectivity index (χ1v) is 8.83. The number of methoxy groups -OCH3 is 1. The topological polar surface area (TPSA) is 93.0 Å². The Bertz CT molecular complexity index is 829. The van der Waals surface area contributed by atoms with E-state index in [1.807, 2.05) is 11.4 Å². The molecule has 1 aromatic carbocycles. The maximum absolute atomic E-state index is 12.6. The predicted molar refractivity (Wildman–Crippen MR) is 95.8 cm³/mol. The summed E-state index contributed by atoms with van der Waals surface area (Å²) in [7, 11) is 1.34. The average molecular weight is 375 g/mol. The van der Waals surface area contributed by atoms with Crippen molar-refractivity contribution in [2.45, 2.75) is 0 Å². The van der Waals surface area contributed by atoms with Crippen LogP contribution in [0.5, 0.6) is 5.75 Å². The van der Waals surface area contributed by atoms with Crippen molar-refractivity contribution in [3.63, 3.8) is 0 Å². The number of nitro groups is 1. The van der Waals surface area contributed by atoms with Gasteiger partial charge in [0.25, 0.3) is 11.8 Å². The van der Waals surface area contributed by atoms with Crippen LogP contribution in [0.15, 0.2) is 35.7 Å². The van der Waals surface area contributed by atoms with Crippen molar-refractivity contribution in [1.29, 1.82) is 0 Å². The number of carbonyl (C=O) groups excluding carboxylic acids is 2. The lowest BCUT2D eigenvalue weighted by Crippen LogP contribution is -2.50. The number of hydrogen-bond acceptors (Lipinski definition) is 6. The quantitative estimate of drug-likeness (QED) is 0.604. The molecule has 1 saturated heterocycles. The highest BCUT2D eigenvalue weighted by molar-refractivity contribution is 7.12. The van der Waals surface area contributed by atoms with E-state index in [0.717, 1.165) is 0 Å². The Kier molecular flexibility index (Phi) is 5.17. The van der Waals surface area contributed by atoms with E-state index in [-0.39, 0.29) is 28.8 Å². The molecule has 1 fully saturated rings. The molecule has 0 N–H and O–H groups in total. The molecule has 0 spiro atoms. The fourth-order valence-corrected chi connectivity index (χ4v) is 3.51. The maximum atomic E-state index is 12.6. The van der Waals surface area contributed by atoms with Crippen molar-refractivity contribution < 1.29 is 19.2 Å². The molecule has 0 bridgehead atoms. The molecule has 0 saturated carbocycles. The number of amides is 2. The summed E-state index contributed by atoms with van der Waals surface area (Å²) < 4.78 is 4.95. The van der Waals surface area contributed by atoms with Gasteiger partial charge < -0.3 is 14.5 Å². The second-order valence-corrected chi connectivity index (χ2v) is 6.65. The van der Waals surface area contributed by atoms with Gasteiger partial charge in [-0.05, 0) is 23.6 Å². The third-order valence-electron chi connectivity index (χ3n) is 4.21. The Balaban J connectivity index is 1.68. The molecule has 1 aliphatic heterocycles. The zero-order chi connectivity index (χ0) is 18.7. The van der Waals surface area contributed by atoms with E-state index in [1.165, 1.54) is 36.6 Å². The normalized spacial score (nSPS) is 14.2. The molecule has 0 unspecified atom stereocenters. The lowest BCUT2D eigenvalue weighted by Gasteiger charge is -2.34. The van der Waals surface area contributed by atoms with E-state index in [9.17, 15) is 19.7 Å². The Hall–Kier alpha value is -2.94. The maximum Gasteiger partial charge on any atom is 0.311 e. The highest BCUT2D eigenvalue weighted by atomic mass is 32.1. The molecule has 136 valence electrons. The summed E-state index contributed by atoms with van der Waals surface area (Å²) >= 11 is 1.39. The van der Waals surface area contributed by atoms with Crippen LogP contribution in [-0.2, 0) is 0 Å². The number of carbonyl (C=O) groups is 2. The zero-order valence-corrected chi connectivity index (χ0v) is 14.9. The van der Waals surface area contributed by atoms with Crippen LogP contribution in [0.3, 0.4) is 0 Å². The van der Waals surface area contributed by atoms with Gasteiger partial charge in [-0.15, -0.1) is 11.3 Å². The number of nitrogens with zero attached hydrogens (tertiary/aromatic N) is 3. The largest absolute Gasteiger partial charge is 0.490 e. The average Bonchev–Trinajstić information content (AvgIpc) is 3.21. The minimum absolute atomic E-state index is 0.0350. The lowest BCUT2D eigenvalue weighted by molar-refractivity contribution is -0.385. The summed E-state index contributed by atoms with van der Waals surface area (Å²) in [5.41, 5.74) is -0.0135. The van der Waals surface area contributed by atoms with Gasteiger partial charge in [-0.3, -0.25) is 19.7 Å². The molecule has 1 aliphatic rings. The van der Waals surface area contributed by atoms with Gasteiger partial charge in [-0.25, -0.2) is 0 Å². The van der Waals surface area contributed by atoms with Crippen LogP contribution >= 0.6 is 11.3 Å². The molecular formula is C17H17N3O5S. The van der Waals surface area contributed by atoms with Crippen LogP contribution in [0.4, 0.5) is 5.69 Å². The molecule has 8 nitrogen and oxygen atoms in total. The fourth-order valence-electron chi connectivity index (χ4n) is 2.82. The van der Waals surface area contributed by atoms with E-state index in [0.29, 0.717) is 31.1 Å². The van der Waals surface area contributed by atoms with Crippen LogP contribution in [0.1, 0.15) is 20.0 Å². The molecule has 1 aromatic heterocycles. The Labute approximate surface area is 153 Å². The number of ether oxygens (including phenoxy) is 1. The van der Waals surface area contributed by atoms with Gasteiger partial charge in [0, 0.05) is 37.8 Å². The van der Waals surface area contributed by atoms with Gasteiger partial charge in [0.2, 0.25) is 0 Å². The van der Waals surface area contributed by atoms with Crippen molar-refractivity contribution >= 4 is 28.8 Å². The molecule has 3 rings (SSSR count). The third-order valence-corrected chi connectivity index (χ3v) is 5.07. The predicted octanol–water partition coefficient (Wildman–Crippen LogP) is 2.26. The summed E-state index contributed by atoms with van der Waals surface area (Å²) in [5, 5.41) is 13.0. The number of nitro benzene ring substituents is 1. The molecule has 0 aliphatic carbocycles. The van der Waals surface area contributed by atoms with Gasteiger partial charge in [0.15, 0.2) is 5.75 Å². The SMILES string of the molecule is COc1ccc(C(=O)N2CCN(C(=O)c3cccs3)CC2)cc1[N+](=O)[O-]. The lowest BCUT2D eigenvalue weighted by atomic mass is 10.1. The summed E-state index contributed by atoms with van der Waals surface area (Å²) in [6.07, 6.45) is 0. The minimum atomic E-state index is -0.576. The molecule has 26 heavy (non-hydrogen) atoms. The summed E-state index contributed by atoms with van der Waals surface area (Å²) in [6, 6.07) is 7.76. The molecular weight excluding hydrogens is 358 g/mol. The Morgan fingerprint density at radius 3 is 2.31 bits per heavy atom. The number of piperazine rings is 1. The molecule has 2 aromatic rings. The standard InChI is InChI=1S/C17H17N3O5S/c1-25-14-5-4-12(11-13(14)20(23)24)16(21)18-6-8-19(9-7-18)17(22)15-3-2-10-26-15/h2-5,10-11H,6-9H2,1H3. The van der Waals surface area contributed by atoms with Gasteiger partial charge in [-0.1, -0.05) is 6.07 Å². The first kappa shape index (κ1) is 17.9. The number of thiophene rings is 1. The van der Waals surface area contributed by atoms with Gasteiger partial charge >= 0.3 is 5.69 Å². The van der Waals surface area contributed by atoms with Crippen LogP contribution < -0.4 is 4.74 Å². The molecule has 2 heterocycles. The van der Waals surface area contributed by atoms with Crippen LogP contribution in [0.25, 0.3) is 0 Å². The second-order valence-electron chi connectivity index (χ2n) is 5.71. The molecule has 2 amide bonds. The van der Waals surface area contributed by atoms with Gasteiger partial charge in [-0.2, -0.15) is 0 Å². The number of benzene rings is 1. The molecule has 0 radical (unpaired) electrons. The monoisotopic (exact) mass is 375 g/mol. The second kappa shape index (κ2) is 7.52. The van der Waals surface area contributed by atoms with Crippen molar-refractivity contribution in [2.24, 2.45) is 0 Å². The van der Waals surface area contributed by atoms with E-state index >= 15 is 0 Å². The molecule has 9 heteroatoms. The zero-order valence-electron chi connectivity index (χ0n) is 14.1. The van der Waals surface area contributed by atoms with Crippen LogP contribution in [-0.4, -0.2) is 59.8 Å². The summed E-state index contributed by atoms with van der Waals surface area (Å²) in [6.45, 7) is 1.63.